The molecule has 2 heteroatoms. The van der Waals surface area contributed by atoms with Crippen molar-refractivity contribution in [2.75, 3.05) is 13.7 Å². The van der Waals surface area contributed by atoms with Crippen molar-refractivity contribution in [1.29, 1.82) is 0 Å². The third-order valence-electron chi connectivity index (χ3n) is 6.05. The van der Waals surface area contributed by atoms with E-state index in [-0.39, 0.29) is 0 Å². The van der Waals surface area contributed by atoms with Crippen molar-refractivity contribution in [2.45, 2.75) is 44.6 Å². The van der Waals surface area contributed by atoms with E-state index in [0.29, 0.717) is 6.04 Å². The fourth-order valence-corrected chi connectivity index (χ4v) is 4.70. The Labute approximate surface area is 128 Å². The van der Waals surface area contributed by atoms with E-state index in [1.807, 2.05) is 0 Å². The van der Waals surface area contributed by atoms with Crippen LogP contribution in [0.5, 0.6) is 5.75 Å². The van der Waals surface area contributed by atoms with Gasteiger partial charge in [0.15, 0.2) is 0 Å². The topological polar surface area (TPSA) is 21.3 Å². The number of methoxy groups -OCH3 is 1. The molecule has 0 aliphatic heterocycles. The highest BCUT2D eigenvalue weighted by Crippen LogP contribution is 2.48. The molecule has 3 saturated carbocycles. The van der Waals surface area contributed by atoms with Crippen LogP contribution in [0.15, 0.2) is 24.3 Å². The third kappa shape index (κ3) is 2.83. The van der Waals surface area contributed by atoms with E-state index in [1.54, 1.807) is 7.11 Å². The van der Waals surface area contributed by atoms with Gasteiger partial charge in [0.25, 0.3) is 0 Å². The average Bonchev–Trinajstić information content (AvgIpc) is 3.15. The largest absolute Gasteiger partial charge is 0.497 e. The van der Waals surface area contributed by atoms with Crippen molar-refractivity contribution in [3.05, 3.63) is 29.8 Å². The van der Waals surface area contributed by atoms with E-state index in [4.69, 9.17) is 4.74 Å². The third-order valence-corrected chi connectivity index (χ3v) is 6.05. The normalized spacial score (nSPS) is 32.3. The van der Waals surface area contributed by atoms with Crippen LogP contribution in [0, 0.1) is 23.7 Å². The smallest absolute Gasteiger partial charge is 0.118 e. The Balaban J connectivity index is 1.40. The second-order valence-corrected chi connectivity index (χ2v) is 7.43. The van der Waals surface area contributed by atoms with E-state index >= 15 is 0 Å². The molecule has 3 aliphatic rings. The summed E-state index contributed by atoms with van der Waals surface area (Å²) in [4.78, 5) is 0. The molecule has 4 atom stereocenters. The Bertz CT molecular complexity index is 479. The van der Waals surface area contributed by atoms with Crippen LogP contribution in [-0.4, -0.2) is 13.7 Å². The summed E-state index contributed by atoms with van der Waals surface area (Å²) in [5.41, 5.74) is 1.45. The molecule has 0 amide bonds. The highest BCUT2D eigenvalue weighted by molar-refractivity contribution is 5.30. The number of ether oxygens (including phenoxy) is 1. The molecular weight excluding hydrogens is 258 g/mol. The van der Waals surface area contributed by atoms with E-state index in [9.17, 15) is 0 Å². The summed E-state index contributed by atoms with van der Waals surface area (Å²) in [5, 5.41) is 3.92. The molecule has 0 saturated heterocycles. The first-order chi connectivity index (χ1) is 10.3. The molecule has 2 nitrogen and oxygen atoms in total. The molecular formula is C19H27NO. The zero-order chi connectivity index (χ0) is 14.2. The maximum atomic E-state index is 5.28. The van der Waals surface area contributed by atoms with Crippen molar-refractivity contribution in [2.24, 2.45) is 23.7 Å². The lowest BCUT2D eigenvalue weighted by Gasteiger charge is -2.26. The van der Waals surface area contributed by atoms with Crippen LogP contribution >= 0.6 is 0 Å². The Morgan fingerprint density at radius 2 is 1.90 bits per heavy atom. The molecule has 2 bridgehead atoms. The van der Waals surface area contributed by atoms with E-state index in [0.717, 1.165) is 29.4 Å². The first-order valence-corrected chi connectivity index (χ1v) is 8.71. The van der Waals surface area contributed by atoms with Gasteiger partial charge < -0.3 is 10.1 Å². The van der Waals surface area contributed by atoms with Crippen molar-refractivity contribution < 1.29 is 4.74 Å². The van der Waals surface area contributed by atoms with Crippen LogP contribution in [-0.2, 0) is 0 Å². The van der Waals surface area contributed by atoms with Crippen molar-refractivity contribution in [3.63, 3.8) is 0 Å². The van der Waals surface area contributed by atoms with Crippen molar-refractivity contribution in [3.8, 4) is 5.75 Å². The molecule has 114 valence electrons. The summed E-state index contributed by atoms with van der Waals surface area (Å²) in [6.45, 7) is 1.23. The SMILES string of the molecule is COc1ccc(C(NCC2CC3CCC2C3)C2CC2)cc1. The van der Waals surface area contributed by atoms with Gasteiger partial charge in [0.1, 0.15) is 5.75 Å². The van der Waals surface area contributed by atoms with Gasteiger partial charge in [-0.3, -0.25) is 0 Å². The molecule has 3 aliphatic carbocycles. The van der Waals surface area contributed by atoms with Gasteiger partial charge in [-0.1, -0.05) is 18.6 Å². The standard InChI is InChI=1S/C19H27NO/c1-21-18-8-6-15(7-9-18)19(14-4-5-14)20-12-17-11-13-2-3-16(17)10-13/h6-9,13-14,16-17,19-20H,2-5,10-12H2,1H3. The highest BCUT2D eigenvalue weighted by atomic mass is 16.5. The minimum atomic E-state index is 0.565. The van der Waals surface area contributed by atoms with Crippen LogP contribution in [0.4, 0.5) is 0 Å². The number of hydrogen-bond donors (Lipinski definition) is 1. The van der Waals surface area contributed by atoms with Gasteiger partial charge in [-0.2, -0.15) is 0 Å². The summed E-state index contributed by atoms with van der Waals surface area (Å²) in [6.07, 6.45) is 8.78. The summed E-state index contributed by atoms with van der Waals surface area (Å²) in [5.74, 6) is 4.85. The molecule has 1 aromatic carbocycles. The summed E-state index contributed by atoms with van der Waals surface area (Å²) in [6, 6.07) is 9.26. The van der Waals surface area contributed by atoms with Crippen LogP contribution in [0.1, 0.15) is 50.1 Å². The van der Waals surface area contributed by atoms with Crippen molar-refractivity contribution in [1.82, 2.24) is 5.32 Å². The van der Waals surface area contributed by atoms with Crippen LogP contribution in [0.2, 0.25) is 0 Å². The average molecular weight is 285 g/mol. The maximum Gasteiger partial charge on any atom is 0.118 e. The number of hydrogen-bond acceptors (Lipinski definition) is 2. The van der Waals surface area contributed by atoms with Gasteiger partial charge >= 0.3 is 0 Å². The van der Waals surface area contributed by atoms with E-state index in [1.165, 1.54) is 50.6 Å². The fraction of sp³-hybridized carbons (Fsp3) is 0.684. The van der Waals surface area contributed by atoms with Gasteiger partial charge in [0, 0.05) is 6.04 Å². The van der Waals surface area contributed by atoms with Gasteiger partial charge in [0.2, 0.25) is 0 Å². The molecule has 21 heavy (non-hydrogen) atoms. The highest BCUT2D eigenvalue weighted by Gasteiger charge is 2.40. The lowest BCUT2D eigenvalue weighted by atomic mass is 9.88. The van der Waals surface area contributed by atoms with E-state index < -0.39 is 0 Å². The van der Waals surface area contributed by atoms with Gasteiger partial charge in [-0.15, -0.1) is 0 Å². The molecule has 1 N–H and O–H groups in total. The molecule has 0 heterocycles. The number of nitrogens with one attached hydrogen (secondary N) is 1. The van der Waals surface area contributed by atoms with Gasteiger partial charge in [-0.25, -0.2) is 0 Å². The minimum Gasteiger partial charge on any atom is -0.497 e. The first-order valence-electron chi connectivity index (χ1n) is 8.71. The Hall–Kier alpha value is -1.02. The predicted molar refractivity (Wildman–Crippen MR) is 85.4 cm³/mol. The minimum absolute atomic E-state index is 0.565. The Kier molecular flexibility index (Phi) is 3.66. The zero-order valence-electron chi connectivity index (χ0n) is 13.1. The van der Waals surface area contributed by atoms with E-state index in [2.05, 4.69) is 29.6 Å². The van der Waals surface area contributed by atoms with Gasteiger partial charge in [-0.05, 0) is 80.0 Å². The Morgan fingerprint density at radius 3 is 2.48 bits per heavy atom. The van der Waals surface area contributed by atoms with Crippen LogP contribution < -0.4 is 10.1 Å². The van der Waals surface area contributed by atoms with Crippen molar-refractivity contribution >= 4 is 0 Å². The summed E-state index contributed by atoms with van der Waals surface area (Å²) in [7, 11) is 1.74. The second kappa shape index (κ2) is 5.64. The quantitative estimate of drug-likeness (QED) is 0.847. The molecule has 0 aromatic heterocycles. The molecule has 1 aromatic rings. The Morgan fingerprint density at radius 1 is 1.10 bits per heavy atom. The van der Waals surface area contributed by atoms with Gasteiger partial charge in [0.05, 0.1) is 7.11 Å². The second-order valence-electron chi connectivity index (χ2n) is 7.43. The summed E-state index contributed by atoms with van der Waals surface area (Å²) < 4.78 is 5.28. The molecule has 3 fully saturated rings. The lowest BCUT2D eigenvalue weighted by molar-refractivity contribution is 0.300. The molecule has 4 unspecified atom stereocenters. The molecule has 0 spiro atoms. The number of rotatable bonds is 6. The fourth-order valence-electron chi connectivity index (χ4n) is 4.70. The first kappa shape index (κ1) is 13.6. The molecule has 0 radical (unpaired) electrons. The van der Waals surface area contributed by atoms with Crippen LogP contribution in [0.25, 0.3) is 0 Å². The zero-order valence-corrected chi connectivity index (χ0v) is 13.1. The predicted octanol–water partition coefficient (Wildman–Crippen LogP) is 4.17. The lowest BCUT2D eigenvalue weighted by Crippen LogP contribution is -2.31. The molecule has 4 rings (SSSR count). The number of benzene rings is 1. The van der Waals surface area contributed by atoms with Crippen LogP contribution in [0.3, 0.4) is 0 Å². The number of fused-ring (bicyclic) bond motifs is 2. The monoisotopic (exact) mass is 285 g/mol. The summed E-state index contributed by atoms with van der Waals surface area (Å²) >= 11 is 0. The maximum absolute atomic E-state index is 5.28.